The van der Waals surface area contributed by atoms with Crippen molar-refractivity contribution >= 4 is 80.6 Å². The van der Waals surface area contributed by atoms with Gasteiger partial charge in [-0.1, -0.05) is 60.0 Å². The van der Waals surface area contributed by atoms with E-state index >= 15 is 0 Å². The third kappa shape index (κ3) is 6.67. The predicted octanol–water partition coefficient (Wildman–Crippen LogP) is 5.85. The summed E-state index contributed by atoms with van der Waals surface area (Å²) in [6.07, 6.45) is 1.64. The number of hydrogen-bond acceptors (Lipinski definition) is 8. The molecule has 1 saturated heterocycles. The van der Waals surface area contributed by atoms with E-state index in [2.05, 4.69) is 10.3 Å². The van der Waals surface area contributed by atoms with Gasteiger partial charge in [-0.25, -0.2) is 9.37 Å². The molecule has 0 atom stereocenters. The highest BCUT2D eigenvalue weighted by Gasteiger charge is 2.32. The van der Waals surface area contributed by atoms with Crippen molar-refractivity contribution in [3.63, 3.8) is 0 Å². The molecule has 1 N–H and O–H groups in total. The molecule has 5 rings (SSSR count). The summed E-state index contributed by atoms with van der Waals surface area (Å²) in [7, 11) is 1.57. The van der Waals surface area contributed by atoms with E-state index < -0.39 is 0 Å². The van der Waals surface area contributed by atoms with E-state index in [-0.39, 0.29) is 42.3 Å². The number of aromatic nitrogens is 2. The molecule has 3 aromatic carbocycles. The number of hydrogen-bond donors (Lipinski definition) is 1. The molecule has 2 heterocycles. The number of imidazole rings is 1. The van der Waals surface area contributed by atoms with E-state index in [9.17, 15) is 18.8 Å². The molecule has 1 aliphatic heterocycles. The van der Waals surface area contributed by atoms with Crippen molar-refractivity contribution in [2.75, 3.05) is 24.7 Å². The van der Waals surface area contributed by atoms with Gasteiger partial charge >= 0.3 is 0 Å². The summed E-state index contributed by atoms with van der Waals surface area (Å²) >= 11 is 7.69. The second kappa shape index (κ2) is 12.7. The highest BCUT2D eigenvalue weighted by molar-refractivity contribution is 8.26. The molecule has 0 spiro atoms. The van der Waals surface area contributed by atoms with E-state index in [1.165, 1.54) is 21.6 Å². The molecule has 0 radical (unpaired) electrons. The average Bonchev–Trinajstić information content (AvgIpc) is 3.48. The van der Waals surface area contributed by atoms with Crippen molar-refractivity contribution in [1.29, 1.82) is 0 Å². The highest BCUT2D eigenvalue weighted by atomic mass is 32.2. The van der Waals surface area contributed by atoms with Crippen LogP contribution < -0.4 is 10.1 Å². The molecule has 12 heteroatoms. The lowest BCUT2D eigenvalue weighted by molar-refractivity contribution is -0.122. The Labute approximate surface area is 248 Å². The van der Waals surface area contributed by atoms with Crippen molar-refractivity contribution < 1.29 is 23.5 Å². The Bertz CT molecular complexity index is 1670. The fourth-order valence-corrected chi connectivity index (χ4v) is 6.20. The summed E-state index contributed by atoms with van der Waals surface area (Å²) in [5, 5.41) is 3.20. The van der Waals surface area contributed by atoms with Gasteiger partial charge in [0.15, 0.2) is 5.16 Å². The number of amides is 2. The van der Waals surface area contributed by atoms with Crippen molar-refractivity contribution in [2.45, 2.75) is 11.6 Å². The average molecular weight is 607 g/mol. The Hall–Kier alpha value is -4.00. The van der Waals surface area contributed by atoms with E-state index in [0.29, 0.717) is 42.4 Å². The van der Waals surface area contributed by atoms with Crippen molar-refractivity contribution in [2.24, 2.45) is 0 Å². The number of thiocarbonyl (C=S) groups is 1. The molecule has 1 aliphatic rings. The number of nitrogens with zero attached hydrogens (tertiary/aromatic N) is 3. The van der Waals surface area contributed by atoms with Crippen LogP contribution in [0.15, 0.2) is 82.9 Å². The Morgan fingerprint density at radius 1 is 1.10 bits per heavy atom. The maximum atomic E-state index is 13.5. The van der Waals surface area contributed by atoms with Crippen molar-refractivity contribution in [3.8, 4) is 5.75 Å². The normalized spacial score (nSPS) is 14.2. The summed E-state index contributed by atoms with van der Waals surface area (Å²) in [6.45, 7) is 0.0822. The number of thioether (sulfide) groups is 2. The lowest BCUT2D eigenvalue weighted by atomic mass is 10.2. The van der Waals surface area contributed by atoms with E-state index in [0.717, 1.165) is 23.5 Å². The summed E-state index contributed by atoms with van der Waals surface area (Å²) in [5.74, 6) is -0.497. The monoisotopic (exact) mass is 606 g/mol. The predicted molar refractivity (Wildman–Crippen MR) is 164 cm³/mol. The molecule has 1 aromatic heterocycles. The fourth-order valence-electron chi connectivity index (χ4n) is 4.07. The number of ether oxygens (including phenoxy) is 1. The zero-order valence-corrected chi connectivity index (χ0v) is 24.2. The van der Waals surface area contributed by atoms with Crippen LogP contribution in [0.4, 0.5) is 10.1 Å². The lowest BCUT2D eigenvalue weighted by Gasteiger charge is -2.15. The van der Waals surface area contributed by atoms with Gasteiger partial charge in [0.05, 0.1) is 28.8 Å². The third-order valence-corrected chi connectivity index (χ3v) is 8.39. The zero-order chi connectivity index (χ0) is 28.9. The molecule has 0 bridgehead atoms. The molecule has 0 aliphatic carbocycles. The molecule has 1 fully saturated rings. The zero-order valence-electron chi connectivity index (χ0n) is 21.7. The second-order valence-corrected chi connectivity index (χ2v) is 11.4. The minimum absolute atomic E-state index is 0.0117. The standard InChI is InChI=1S/C29H23FN4O4S3/c1-38-21-12-10-20(11-13-21)31-25(35)17-40-28-32-22-4-2-3-5-23(22)34(28)26(36)14-15-33-27(37)24(41-29(33)39)16-18-6-8-19(30)9-7-18/h2-13,16H,14-15,17H2,1H3,(H,31,35)/b24-16+. The van der Waals surface area contributed by atoms with Crippen LogP contribution in [-0.4, -0.2) is 55.9 Å². The SMILES string of the molecule is COc1ccc(NC(=O)CSc2nc3ccccc3n2C(=O)CCN2C(=O)/C(=C\c3ccc(F)cc3)SC2=S)cc1. The quantitative estimate of drug-likeness (QED) is 0.144. The van der Waals surface area contributed by atoms with Gasteiger partial charge in [0.2, 0.25) is 11.8 Å². The van der Waals surface area contributed by atoms with Gasteiger partial charge < -0.3 is 10.1 Å². The largest absolute Gasteiger partial charge is 0.497 e. The Morgan fingerprint density at radius 2 is 1.83 bits per heavy atom. The van der Waals surface area contributed by atoms with Crippen LogP contribution in [0.3, 0.4) is 0 Å². The number of anilines is 1. The molecule has 8 nitrogen and oxygen atoms in total. The summed E-state index contributed by atoms with van der Waals surface area (Å²) in [4.78, 5) is 45.5. The fraction of sp³-hybridized carbons (Fsp3) is 0.138. The van der Waals surface area contributed by atoms with Gasteiger partial charge in [-0.05, 0) is 60.2 Å². The van der Waals surface area contributed by atoms with Crippen molar-refractivity contribution in [3.05, 3.63) is 89.1 Å². The number of rotatable bonds is 9. The third-order valence-electron chi connectivity index (χ3n) is 6.08. The molecule has 0 unspecified atom stereocenters. The van der Waals surface area contributed by atoms with Crippen LogP contribution in [0.2, 0.25) is 0 Å². The molecule has 0 saturated carbocycles. The van der Waals surface area contributed by atoms with Gasteiger partial charge in [0.25, 0.3) is 5.91 Å². The summed E-state index contributed by atoms with van der Waals surface area (Å²) in [6, 6.07) is 20.0. The number of halogens is 1. The summed E-state index contributed by atoms with van der Waals surface area (Å²) in [5.41, 5.74) is 2.52. The van der Waals surface area contributed by atoms with Gasteiger partial charge in [-0.2, -0.15) is 0 Å². The van der Waals surface area contributed by atoms with Crippen LogP contribution in [0.25, 0.3) is 17.1 Å². The van der Waals surface area contributed by atoms with Crippen molar-refractivity contribution in [1.82, 2.24) is 14.5 Å². The number of methoxy groups -OCH3 is 1. The van der Waals surface area contributed by atoms with E-state index in [1.807, 2.05) is 6.07 Å². The van der Waals surface area contributed by atoms with Crippen LogP contribution >= 0.6 is 35.7 Å². The molecule has 41 heavy (non-hydrogen) atoms. The van der Waals surface area contributed by atoms with Crippen LogP contribution in [0, 0.1) is 5.82 Å². The van der Waals surface area contributed by atoms with Crippen LogP contribution in [-0.2, 0) is 9.59 Å². The molecular formula is C29H23FN4O4S3. The van der Waals surface area contributed by atoms with Gasteiger partial charge in [0, 0.05) is 18.7 Å². The smallest absolute Gasteiger partial charge is 0.266 e. The van der Waals surface area contributed by atoms with Crippen LogP contribution in [0.5, 0.6) is 5.75 Å². The maximum absolute atomic E-state index is 13.5. The first-order valence-electron chi connectivity index (χ1n) is 12.4. The Morgan fingerprint density at radius 3 is 2.56 bits per heavy atom. The van der Waals surface area contributed by atoms with Crippen LogP contribution in [0.1, 0.15) is 16.8 Å². The van der Waals surface area contributed by atoms with E-state index in [4.69, 9.17) is 17.0 Å². The lowest BCUT2D eigenvalue weighted by Crippen LogP contribution is -2.31. The molecular weight excluding hydrogens is 584 g/mol. The number of fused-ring (bicyclic) bond motifs is 1. The maximum Gasteiger partial charge on any atom is 0.266 e. The number of carbonyl (C=O) groups is 3. The minimum Gasteiger partial charge on any atom is -0.497 e. The first-order chi connectivity index (χ1) is 19.8. The minimum atomic E-state index is -0.365. The number of benzene rings is 3. The number of nitrogens with one attached hydrogen (secondary N) is 1. The molecule has 4 aromatic rings. The topological polar surface area (TPSA) is 93.5 Å². The second-order valence-electron chi connectivity index (χ2n) is 8.81. The molecule has 2 amide bonds. The first kappa shape index (κ1) is 28.5. The first-order valence-corrected chi connectivity index (χ1v) is 14.6. The van der Waals surface area contributed by atoms with Gasteiger partial charge in [0.1, 0.15) is 15.9 Å². The Kier molecular flexibility index (Phi) is 8.81. The number of para-hydroxylation sites is 2. The highest BCUT2D eigenvalue weighted by Crippen LogP contribution is 2.33. The summed E-state index contributed by atoms with van der Waals surface area (Å²) < 4.78 is 20.2. The Balaban J connectivity index is 1.26. The van der Waals surface area contributed by atoms with Gasteiger partial charge in [-0.15, -0.1) is 0 Å². The number of carbonyl (C=O) groups excluding carboxylic acids is 3. The van der Waals surface area contributed by atoms with Gasteiger partial charge in [-0.3, -0.25) is 23.9 Å². The van der Waals surface area contributed by atoms with E-state index in [1.54, 1.807) is 67.8 Å². The molecule has 208 valence electrons.